The van der Waals surface area contributed by atoms with Crippen molar-refractivity contribution < 1.29 is 0 Å². The Labute approximate surface area is 124 Å². The third-order valence-electron chi connectivity index (χ3n) is 3.76. The van der Waals surface area contributed by atoms with E-state index >= 15 is 0 Å². The van der Waals surface area contributed by atoms with Gasteiger partial charge in [-0.3, -0.25) is 4.90 Å². The molecule has 0 spiro atoms. The lowest BCUT2D eigenvalue weighted by atomic mass is 10.1. The molecule has 0 fully saturated rings. The average molecular weight is 287 g/mol. The van der Waals surface area contributed by atoms with Gasteiger partial charge in [0, 0.05) is 30.0 Å². The molecule has 0 saturated heterocycles. The van der Waals surface area contributed by atoms with Gasteiger partial charge in [0.2, 0.25) is 0 Å². The van der Waals surface area contributed by atoms with E-state index in [4.69, 9.17) is 10.7 Å². The normalized spacial score (nSPS) is 15.2. The van der Waals surface area contributed by atoms with Crippen LogP contribution < -0.4 is 5.73 Å². The van der Waals surface area contributed by atoms with Crippen LogP contribution in [0.3, 0.4) is 0 Å². The van der Waals surface area contributed by atoms with Crippen LogP contribution in [0.4, 0.5) is 0 Å². The van der Waals surface area contributed by atoms with Crippen molar-refractivity contribution in [3.8, 4) is 10.6 Å². The van der Waals surface area contributed by atoms with E-state index in [0.717, 1.165) is 39.0 Å². The monoisotopic (exact) mass is 287 g/mol. The van der Waals surface area contributed by atoms with Gasteiger partial charge in [0.05, 0.1) is 5.69 Å². The molecule has 20 heavy (non-hydrogen) atoms. The quantitative estimate of drug-likeness (QED) is 0.860. The van der Waals surface area contributed by atoms with Crippen LogP contribution in [0.15, 0.2) is 30.3 Å². The molecule has 1 aliphatic heterocycles. The standard InChI is InChI=1S/C16H21N3S/c17-9-4-5-10-19-11-8-14-15(12-19)20-16(18-14)13-6-2-1-3-7-13/h1-3,6-7H,4-5,8-12,17H2. The minimum absolute atomic E-state index is 0.803. The maximum atomic E-state index is 5.56. The number of thiazole rings is 1. The second kappa shape index (κ2) is 6.48. The first-order chi connectivity index (χ1) is 9.86. The molecule has 106 valence electrons. The lowest BCUT2D eigenvalue weighted by molar-refractivity contribution is 0.251. The number of rotatable bonds is 5. The first-order valence-corrected chi connectivity index (χ1v) is 8.15. The summed E-state index contributed by atoms with van der Waals surface area (Å²) in [6.45, 7) is 4.16. The van der Waals surface area contributed by atoms with Crippen molar-refractivity contribution in [3.05, 3.63) is 40.9 Å². The highest BCUT2D eigenvalue weighted by Gasteiger charge is 2.20. The van der Waals surface area contributed by atoms with Crippen molar-refractivity contribution in [2.45, 2.75) is 25.8 Å². The molecule has 1 aliphatic rings. The Morgan fingerprint density at radius 3 is 2.85 bits per heavy atom. The van der Waals surface area contributed by atoms with Gasteiger partial charge in [0.1, 0.15) is 5.01 Å². The fraction of sp³-hybridized carbons (Fsp3) is 0.438. The second-order valence-electron chi connectivity index (χ2n) is 5.28. The van der Waals surface area contributed by atoms with Crippen molar-refractivity contribution in [2.24, 2.45) is 5.73 Å². The molecule has 3 rings (SSSR count). The van der Waals surface area contributed by atoms with E-state index in [1.54, 1.807) is 0 Å². The van der Waals surface area contributed by atoms with E-state index in [2.05, 4.69) is 35.2 Å². The van der Waals surface area contributed by atoms with Crippen LogP contribution in [0.1, 0.15) is 23.4 Å². The molecule has 2 heterocycles. The molecule has 2 N–H and O–H groups in total. The maximum Gasteiger partial charge on any atom is 0.123 e. The number of fused-ring (bicyclic) bond motifs is 1. The molecule has 1 aromatic heterocycles. The molecule has 2 aromatic rings. The fourth-order valence-corrected chi connectivity index (χ4v) is 3.78. The van der Waals surface area contributed by atoms with Gasteiger partial charge < -0.3 is 5.73 Å². The Kier molecular flexibility index (Phi) is 4.45. The van der Waals surface area contributed by atoms with Crippen molar-refractivity contribution in [1.29, 1.82) is 0 Å². The third kappa shape index (κ3) is 3.08. The molecular formula is C16H21N3S. The maximum absolute atomic E-state index is 5.56. The van der Waals surface area contributed by atoms with E-state index in [9.17, 15) is 0 Å². The predicted octanol–water partition coefficient (Wildman–Crippen LogP) is 2.91. The molecule has 1 aromatic carbocycles. The summed E-state index contributed by atoms with van der Waals surface area (Å²) in [6.07, 6.45) is 3.42. The molecule has 0 bridgehead atoms. The van der Waals surface area contributed by atoms with Crippen molar-refractivity contribution >= 4 is 11.3 Å². The molecule has 0 aliphatic carbocycles. The highest BCUT2D eigenvalue weighted by Crippen LogP contribution is 2.31. The van der Waals surface area contributed by atoms with Crippen molar-refractivity contribution in [2.75, 3.05) is 19.6 Å². The van der Waals surface area contributed by atoms with Gasteiger partial charge in [-0.1, -0.05) is 30.3 Å². The average Bonchev–Trinajstić information content (AvgIpc) is 2.92. The van der Waals surface area contributed by atoms with Crippen LogP contribution in [0.25, 0.3) is 10.6 Å². The van der Waals surface area contributed by atoms with Crippen molar-refractivity contribution in [3.63, 3.8) is 0 Å². The molecule has 0 radical (unpaired) electrons. The van der Waals surface area contributed by atoms with Crippen LogP contribution in [0, 0.1) is 0 Å². The largest absolute Gasteiger partial charge is 0.330 e. The number of hydrogen-bond donors (Lipinski definition) is 1. The Hall–Kier alpha value is -1.23. The SMILES string of the molecule is NCCCCN1CCc2nc(-c3ccccc3)sc2C1. The topological polar surface area (TPSA) is 42.1 Å². The summed E-state index contributed by atoms with van der Waals surface area (Å²) in [5.41, 5.74) is 8.11. The van der Waals surface area contributed by atoms with E-state index in [0.29, 0.717) is 0 Å². The van der Waals surface area contributed by atoms with Crippen LogP contribution in [0.5, 0.6) is 0 Å². The Balaban J connectivity index is 1.70. The summed E-state index contributed by atoms with van der Waals surface area (Å²) in [4.78, 5) is 8.80. The fourth-order valence-electron chi connectivity index (χ4n) is 2.62. The minimum Gasteiger partial charge on any atom is -0.330 e. The zero-order valence-corrected chi connectivity index (χ0v) is 12.5. The number of nitrogens with zero attached hydrogens (tertiary/aromatic N) is 2. The Morgan fingerprint density at radius 2 is 2.05 bits per heavy atom. The summed E-state index contributed by atoms with van der Waals surface area (Å²) < 4.78 is 0. The first kappa shape index (κ1) is 13.7. The molecule has 0 saturated carbocycles. The zero-order chi connectivity index (χ0) is 13.8. The molecular weight excluding hydrogens is 266 g/mol. The van der Waals surface area contributed by atoms with Gasteiger partial charge in [0.25, 0.3) is 0 Å². The Bertz CT molecular complexity index is 550. The molecule has 0 atom stereocenters. The summed E-state index contributed by atoms with van der Waals surface area (Å²) in [5, 5.41) is 1.17. The number of hydrogen-bond acceptors (Lipinski definition) is 4. The van der Waals surface area contributed by atoms with E-state index in [-0.39, 0.29) is 0 Å². The van der Waals surface area contributed by atoms with Crippen molar-refractivity contribution in [1.82, 2.24) is 9.88 Å². The minimum atomic E-state index is 0.803. The lowest BCUT2D eigenvalue weighted by Gasteiger charge is -2.25. The summed E-state index contributed by atoms with van der Waals surface area (Å²) in [7, 11) is 0. The highest BCUT2D eigenvalue weighted by molar-refractivity contribution is 7.15. The predicted molar refractivity (Wildman–Crippen MR) is 84.8 cm³/mol. The number of aromatic nitrogens is 1. The molecule has 0 unspecified atom stereocenters. The van der Waals surface area contributed by atoms with Crippen LogP contribution in [0.2, 0.25) is 0 Å². The summed E-state index contributed by atoms with van der Waals surface area (Å²) in [6, 6.07) is 10.5. The van der Waals surface area contributed by atoms with Gasteiger partial charge in [-0.05, 0) is 25.9 Å². The number of nitrogens with two attached hydrogens (primary N) is 1. The smallest absolute Gasteiger partial charge is 0.123 e. The second-order valence-corrected chi connectivity index (χ2v) is 6.36. The Morgan fingerprint density at radius 1 is 1.20 bits per heavy atom. The van der Waals surface area contributed by atoms with Gasteiger partial charge >= 0.3 is 0 Å². The summed E-state index contributed by atoms with van der Waals surface area (Å²) >= 11 is 1.85. The molecule has 3 nitrogen and oxygen atoms in total. The van der Waals surface area contributed by atoms with Gasteiger partial charge in [0.15, 0.2) is 0 Å². The summed E-state index contributed by atoms with van der Waals surface area (Å²) in [5.74, 6) is 0. The molecule has 4 heteroatoms. The van der Waals surface area contributed by atoms with Gasteiger partial charge in [-0.15, -0.1) is 11.3 Å². The first-order valence-electron chi connectivity index (χ1n) is 7.33. The number of unbranched alkanes of at least 4 members (excludes halogenated alkanes) is 1. The van der Waals surface area contributed by atoms with Gasteiger partial charge in [-0.25, -0.2) is 4.98 Å². The lowest BCUT2D eigenvalue weighted by Crippen LogP contribution is -2.31. The van der Waals surface area contributed by atoms with Gasteiger partial charge in [-0.2, -0.15) is 0 Å². The van der Waals surface area contributed by atoms with Crippen LogP contribution >= 0.6 is 11.3 Å². The van der Waals surface area contributed by atoms with E-state index < -0.39 is 0 Å². The van der Waals surface area contributed by atoms with Crippen LogP contribution in [-0.4, -0.2) is 29.5 Å². The van der Waals surface area contributed by atoms with E-state index in [1.807, 2.05) is 11.3 Å². The highest BCUT2D eigenvalue weighted by atomic mass is 32.1. The van der Waals surface area contributed by atoms with E-state index in [1.165, 1.54) is 27.6 Å². The third-order valence-corrected chi connectivity index (χ3v) is 4.89. The molecule has 0 amide bonds. The zero-order valence-electron chi connectivity index (χ0n) is 11.7. The van der Waals surface area contributed by atoms with Crippen LogP contribution in [-0.2, 0) is 13.0 Å². The number of benzene rings is 1.